The van der Waals surface area contributed by atoms with Gasteiger partial charge in [-0.15, -0.1) is 0 Å². The van der Waals surface area contributed by atoms with Crippen molar-refractivity contribution in [3.05, 3.63) is 36.7 Å². The number of anilines is 1. The van der Waals surface area contributed by atoms with Gasteiger partial charge >= 0.3 is 0 Å². The molecule has 2 aromatic heterocycles. The highest BCUT2D eigenvalue weighted by Gasteiger charge is 2.20. The van der Waals surface area contributed by atoms with E-state index in [9.17, 15) is 4.79 Å². The molecule has 0 aliphatic carbocycles. The Morgan fingerprint density at radius 2 is 1.89 bits per heavy atom. The van der Waals surface area contributed by atoms with E-state index < -0.39 is 6.04 Å². The van der Waals surface area contributed by atoms with Gasteiger partial charge in [0, 0.05) is 24.0 Å². The zero-order chi connectivity index (χ0) is 20.1. The maximum absolute atomic E-state index is 12.6. The van der Waals surface area contributed by atoms with Crippen molar-refractivity contribution >= 4 is 11.7 Å². The lowest BCUT2D eigenvalue weighted by atomic mass is 10.1. The number of aromatic amines is 1. The van der Waals surface area contributed by atoms with E-state index in [0.717, 1.165) is 5.56 Å². The van der Waals surface area contributed by atoms with Crippen molar-refractivity contribution in [1.29, 1.82) is 0 Å². The van der Waals surface area contributed by atoms with Crippen molar-refractivity contribution in [2.24, 2.45) is 0 Å². The number of rotatable bonds is 8. The summed E-state index contributed by atoms with van der Waals surface area (Å²) in [5, 5.41) is 14.1. The first-order valence-corrected chi connectivity index (χ1v) is 8.77. The summed E-state index contributed by atoms with van der Waals surface area (Å²) in [7, 11) is 4.66. The summed E-state index contributed by atoms with van der Waals surface area (Å²) >= 11 is 0. The third-order valence-corrected chi connectivity index (χ3v) is 4.34. The van der Waals surface area contributed by atoms with Gasteiger partial charge in [0.25, 0.3) is 0 Å². The number of methoxy groups -OCH3 is 3. The molecule has 1 unspecified atom stereocenters. The number of H-pyrrole nitrogens is 1. The fraction of sp³-hybridized carbons (Fsp3) is 0.316. The van der Waals surface area contributed by atoms with Gasteiger partial charge in [0.05, 0.1) is 27.0 Å². The summed E-state index contributed by atoms with van der Waals surface area (Å²) in [5.74, 6) is 1.80. The molecule has 0 aliphatic heterocycles. The lowest BCUT2D eigenvalue weighted by Gasteiger charge is -2.14. The van der Waals surface area contributed by atoms with Gasteiger partial charge in [-0.2, -0.15) is 10.2 Å². The van der Waals surface area contributed by atoms with Gasteiger partial charge < -0.3 is 19.5 Å². The number of hydrogen-bond donors (Lipinski definition) is 2. The Kier molecular flexibility index (Phi) is 5.83. The number of carbonyl (C=O) groups is 1. The van der Waals surface area contributed by atoms with Crippen LogP contribution in [0.25, 0.3) is 11.3 Å². The Labute approximate surface area is 162 Å². The molecule has 3 rings (SSSR count). The Hall–Kier alpha value is -3.49. The molecular formula is C19H23N5O4. The molecule has 148 valence electrons. The maximum Gasteiger partial charge on any atom is 0.250 e. The van der Waals surface area contributed by atoms with Crippen molar-refractivity contribution in [2.75, 3.05) is 26.6 Å². The minimum Gasteiger partial charge on any atom is -0.493 e. The average Bonchev–Trinajstić information content (AvgIpc) is 3.40. The predicted octanol–water partition coefficient (Wildman–Crippen LogP) is 2.89. The Morgan fingerprint density at radius 1 is 1.18 bits per heavy atom. The van der Waals surface area contributed by atoms with E-state index in [2.05, 4.69) is 20.6 Å². The van der Waals surface area contributed by atoms with Crippen LogP contribution < -0.4 is 19.5 Å². The molecular weight excluding hydrogens is 362 g/mol. The number of ether oxygens (including phenoxy) is 3. The molecule has 0 saturated heterocycles. The molecule has 1 atom stereocenters. The molecule has 0 saturated carbocycles. The topological polar surface area (TPSA) is 103 Å². The summed E-state index contributed by atoms with van der Waals surface area (Å²) < 4.78 is 17.7. The molecule has 0 fully saturated rings. The number of benzene rings is 1. The number of aromatic nitrogens is 4. The zero-order valence-electron chi connectivity index (χ0n) is 16.2. The minimum atomic E-state index is -0.406. The van der Waals surface area contributed by atoms with Crippen LogP contribution >= 0.6 is 0 Å². The normalized spacial score (nSPS) is 11.7. The van der Waals surface area contributed by atoms with Crippen LogP contribution in [-0.4, -0.2) is 47.2 Å². The Bertz CT molecular complexity index is 911. The van der Waals surface area contributed by atoms with Crippen LogP contribution in [-0.2, 0) is 4.79 Å². The van der Waals surface area contributed by atoms with Crippen molar-refractivity contribution in [1.82, 2.24) is 20.0 Å². The standard InChI is InChI=1S/C19H23N5O4/c1-5-14(24-8-6-7-20-24)19(25)21-17-11-13(22-23-17)12-9-15(26-2)18(28-4)16(10-12)27-3/h6-11,14H,5H2,1-4H3,(H2,21,22,23,25). The first kappa shape index (κ1) is 19.3. The first-order valence-electron chi connectivity index (χ1n) is 8.77. The maximum atomic E-state index is 12.6. The fourth-order valence-corrected chi connectivity index (χ4v) is 2.94. The summed E-state index contributed by atoms with van der Waals surface area (Å²) in [4.78, 5) is 12.6. The zero-order valence-corrected chi connectivity index (χ0v) is 16.2. The second-order valence-corrected chi connectivity index (χ2v) is 5.98. The average molecular weight is 385 g/mol. The van der Waals surface area contributed by atoms with Gasteiger partial charge in [-0.25, -0.2) is 0 Å². The predicted molar refractivity (Wildman–Crippen MR) is 104 cm³/mol. The van der Waals surface area contributed by atoms with Crippen LogP contribution in [0.4, 0.5) is 5.82 Å². The quantitative estimate of drug-likeness (QED) is 0.618. The molecule has 1 amide bonds. The molecule has 2 heterocycles. The second kappa shape index (κ2) is 8.47. The second-order valence-electron chi connectivity index (χ2n) is 5.98. The number of nitrogens with zero attached hydrogens (tertiary/aromatic N) is 3. The van der Waals surface area contributed by atoms with E-state index in [0.29, 0.717) is 35.2 Å². The summed E-state index contributed by atoms with van der Waals surface area (Å²) in [5.41, 5.74) is 1.48. The van der Waals surface area contributed by atoms with Crippen LogP contribution in [0.15, 0.2) is 36.7 Å². The minimum absolute atomic E-state index is 0.186. The number of nitrogens with one attached hydrogen (secondary N) is 2. The van der Waals surface area contributed by atoms with Crippen molar-refractivity contribution in [3.63, 3.8) is 0 Å². The van der Waals surface area contributed by atoms with E-state index >= 15 is 0 Å². The first-order chi connectivity index (χ1) is 13.6. The number of amides is 1. The van der Waals surface area contributed by atoms with Crippen LogP contribution in [0.2, 0.25) is 0 Å². The number of carbonyl (C=O) groups excluding carboxylic acids is 1. The van der Waals surface area contributed by atoms with E-state index in [1.807, 2.05) is 6.92 Å². The molecule has 0 spiro atoms. The van der Waals surface area contributed by atoms with Gasteiger partial charge in [-0.1, -0.05) is 6.92 Å². The van der Waals surface area contributed by atoms with E-state index in [1.54, 1.807) is 62.7 Å². The molecule has 3 aromatic rings. The molecule has 0 aliphatic rings. The van der Waals surface area contributed by atoms with Gasteiger partial charge in [0.15, 0.2) is 17.3 Å². The van der Waals surface area contributed by atoms with E-state index in [-0.39, 0.29) is 5.91 Å². The third kappa shape index (κ3) is 3.78. The highest BCUT2D eigenvalue weighted by Crippen LogP contribution is 2.41. The summed E-state index contributed by atoms with van der Waals surface area (Å²) in [6.45, 7) is 1.93. The van der Waals surface area contributed by atoms with Crippen molar-refractivity contribution in [2.45, 2.75) is 19.4 Å². The molecule has 9 heteroatoms. The lowest BCUT2D eigenvalue weighted by molar-refractivity contribution is -0.119. The van der Waals surface area contributed by atoms with Crippen LogP contribution in [0.1, 0.15) is 19.4 Å². The highest BCUT2D eigenvalue weighted by atomic mass is 16.5. The van der Waals surface area contributed by atoms with Gasteiger partial charge in [0.1, 0.15) is 6.04 Å². The number of hydrogen-bond acceptors (Lipinski definition) is 6. The van der Waals surface area contributed by atoms with Crippen molar-refractivity contribution < 1.29 is 19.0 Å². The summed E-state index contributed by atoms with van der Waals surface area (Å²) in [6.07, 6.45) is 4.02. The molecule has 28 heavy (non-hydrogen) atoms. The Balaban J connectivity index is 1.83. The van der Waals surface area contributed by atoms with Crippen LogP contribution in [0.5, 0.6) is 17.2 Å². The SMILES string of the molecule is CCC(C(=O)Nc1cc(-c2cc(OC)c(OC)c(OC)c2)[nH]n1)n1cccn1. The molecule has 0 radical (unpaired) electrons. The largest absolute Gasteiger partial charge is 0.493 e. The molecule has 9 nitrogen and oxygen atoms in total. The van der Waals surface area contributed by atoms with Gasteiger partial charge in [0.2, 0.25) is 11.7 Å². The monoisotopic (exact) mass is 385 g/mol. The van der Waals surface area contributed by atoms with Crippen molar-refractivity contribution in [3.8, 4) is 28.5 Å². The highest BCUT2D eigenvalue weighted by molar-refractivity contribution is 5.93. The van der Waals surface area contributed by atoms with Gasteiger partial charge in [-0.3, -0.25) is 14.6 Å². The van der Waals surface area contributed by atoms with E-state index in [4.69, 9.17) is 14.2 Å². The van der Waals surface area contributed by atoms with Crippen LogP contribution in [0.3, 0.4) is 0 Å². The molecule has 2 N–H and O–H groups in total. The van der Waals surface area contributed by atoms with Crippen LogP contribution in [0, 0.1) is 0 Å². The molecule has 1 aromatic carbocycles. The Morgan fingerprint density at radius 3 is 2.43 bits per heavy atom. The van der Waals surface area contributed by atoms with Gasteiger partial charge in [-0.05, 0) is 24.6 Å². The molecule has 0 bridgehead atoms. The fourth-order valence-electron chi connectivity index (χ4n) is 2.94. The van der Waals surface area contributed by atoms with E-state index in [1.165, 1.54) is 0 Å². The lowest BCUT2D eigenvalue weighted by Crippen LogP contribution is -2.26. The summed E-state index contributed by atoms with van der Waals surface area (Å²) in [6, 6.07) is 6.73. The smallest absolute Gasteiger partial charge is 0.250 e. The third-order valence-electron chi connectivity index (χ3n) is 4.34.